The Balaban J connectivity index is 2.86. The zero-order valence-corrected chi connectivity index (χ0v) is 11.8. The van der Waals surface area contributed by atoms with Gasteiger partial charge in [-0.15, -0.1) is 0 Å². The summed E-state index contributed by atoms with van der Waals surface area (Å²) in [5.41, 5.74) is 0.558. The molecule has 0 amide bonds. The third kappa shape index (κ3) is 3.66. The van der Waals surface area contributed by atoms with Crippen LogP contribution in [0.2, 0.25) is 0 Å². The molecule has 0 spiro atoms. The molecule has 0 aliphatic rings. The van der Waals surface area contributed by atoms with Crippen molar-refractivity contribution in [3.63, 3.8) is 0 Å². The first-order chi connectivity index (χ1) is 7.54. The van der Waals surface area contributed by atoms with Crippen molar-refractivity contribution in [2.45, 2.75) is 26.9 Å². The molecule has 3 nitrogen and oxygen atoms in total. The highest BCUT2D eigenvalue weighted by molar-refractivity contribution is 14.1. The van der Waals surface area contributed by atoms with E-state index in [0.717, 1.165) is 9.32 Å². The van der Waals surface area contributed by atoms with E-state index in [1.54, 1.807) is 25.1 Å². The standard InChI is InChI=1S/C12H15IO3/c1-4-15-12(14)9-5-6-11(10(13)7-9)16-8(2)3/h5-8H,4H2,1-3H3. The Morgan fingerprint density at radius 2 is 2.12 bits per heavy atom. The van der Waals surface area contributed by atoms with Gasteiger partial charge in [0.25, 0.3) is 0 Å². The number of hydrogen-bond acceptors (Lipinski definition) is 3. The minimum absolute atomic E-state index is 0.127. The molecule has 16 heavy (non-hydrogen) atoms. The number of carbonyl (C=O) groups excluding carboxylic acids is 1. The maximum Gasteiger partial charge on any atom is 0.338 e. The molecular weight excluding hydrogens is 319 g/mol. The Bertz CT molecular complexity index is 375. The number of benzene rings is 1. The molecule has 0 saturated heterocycles. The van der Waals surface area contributed by atoms with E-state index in [-0.39, 0.29) is 12.1 Å². The smallest absolute Gasteiger partial charge is 0.338 e. The number of ether oxygens (including phenoxy) is 2. The summed E-state index contributed by atoms with van der Waals surface area (Å²) in [6.45, 7) is 6.11. The number of esters is 1. The molecular formula is C12H15IO3. The van der Waals surface area contributed by atoms with Crippen molar-refractivity contribution in [1.82, 2.24) is 0 Å². The highest BCUT2D eigenvalue weighted by Gasteiger charge is 2.10. The zero-order valence-electron chi connectivity index (χ0n) is 9.62. The summed E-state index contributed by atoms with van der Waals surface area (Å²) in [4.78, 5) is 11.5. The van der Waals surface area contributed by atoms with Crippen LogP contribution in [0.4, 0.5) is 0 Å². The summed E-state index contributed by atoms with van der Waals surface area (Å²) in [6.07, 6.45) is 0.127. The third-order valence-electron chi connectivity index (χ3n) is 1.81. The molecule has 0 aromatic heterocycles. The van der Waals surface area contributed by atoms with Crippen LogP contribution >= 0.6 is 22.6 Å². The summed E-state index contributed by atoms with van der Waals surface area (Å²) in [5, 5.41) is 0. The summed E-state index contributed by atoms with van der Waals surface area (Å²) in [5.74, 6) is 0.500. The molecule has 1 rings (SSSR count). The normalized spacial score (nSPS) is 10.3. The molecule has 0 atom stereocenters. The molecule has 1 aromatic carbocycles. The van der Waals surface area contributed by atoms with Crippen molar-refractivity contribution >= 4 is 28.6 Å². The predicted molar refractivity (Wildman–Crippen MR) is 70.9 cm³/mol. The first-order valence-corrected chi connectivity index (χ1v) is 6.25. The molecule has 0 aliphatic heterocycles. The number of rotatable bonds is 4. The topological polar surface area (TPSA) is 35.5 Å². The molecule has 0 N–H and O–H groups in total. The van der Waals surface area contributed by atoms with Crippen LogP contribution in [0.5, 0.6) is 5.75 Å². The molecule has 0 aliphatic carbocycles. The van der Waals surface area contributed by atoms with E-state index in [2.05, 4.69) is 22.6 Å². The van der Waals surface area contributed by atoms with E-state index in [4.69, 9.17) is 9.47 Å². The summed E-state index contributed by atoms with van der Waals surface area (Å²) >= 11 is 2.15. The van der Waals surface area contributed by atoms with Gasteiger partial charge in [0.15, 0.2) is 0 Å². The molecule has 0 radical (unpaired) electrons. The van der Waals surface area contributed by atoms with Crippen LogP contribution in [0.15, 0.2) is 18.2 Å². The van der Waals surface area contributed by atoms with Gasteiger partial charge in [-0.3, -0.25) is 0 Å². The highest BCUT2D eigenvalue weighted by atomic mass is 127. The monoisotopic (exact) mass is 334 g/mol. The average molecular weight is 334 g/mol. The van der Waals surface area contributed by atoms with Crippen molar-refractivity contribution in [2.75, 3.05) is 6.61 Å². The predicted octanol–water partition coefficient (Wildman–Crippen LogP) is 3.26. The van der Waals surface area contributed by atoms with Crippen LogP contribution in [0, 0.1) is 3.57 Å². The molecule has 0 saturated carbocycles. The summed E-state index contributed by atoms with van der Waals surface area (Å²) in [6, 6.07) is 5.29. The molecule has 1 aromatic rings. The van der Waals surface area contributed by atoms with Gasteiger partial charge in [0.1, 0.15) is 5.75 Å². The quantitative estimate of drug-likeness (QED) is 0.626. The fourth-order valence-electron chi connectivity index (χ4n) is 1.19. The fourth-order valence-corrected chi connectivity index (χ4v) is 1.83. The lowest BCUT2D eigenvalue weighted by atomic mass is 10.2. The van der Waals surface area contributed by atoms with E-state index in [9.17, 15) is 4.79 Å². The van der Waals surface area contributed by atoms with Crippen molar-refractivity contribution in [3.05, 3.63) is 27.3 Å². The van der Waals surface area contributed by atoms with Crippen molar-refractivity contribution in [3.8, 4) is 5.75 Å². The third-order valence-corrected chi connectivity index (χ3v) is 2.65. The first-order valence-electron chi connectivity index (χ1n) is 5.18. The summed E-state index contributed by atoms with van der Waals surface area (Å²) < 4.78 is 11.4. The van der Waals surface area contributed by atoms with Crippen molar-refractivity contribution < 1.29 is 14.3 Å². The lowest BCUT2D eigenvalue weighted by molar-refractivity contribution is 0.0526. The van der Waals surface area contributed by atoms with Crippen LogP contribution in [-0.2, 0) is 4.74 Å². The van der Waals surface area contributed by atoms with Gasteiger partial charge in [-0.25, -0.2) is 4.79 Å². The first kappa shape index (κ1) is 13.3. The van der Waals surface area contributed by atoms with Gasteiger partial charge in [-0.1, -0.05) is 0 Å². The van der Waals surface area contributed by atoms with Crippen LogP contribution in [0.3, 0.4) is 0 Å². The van der Waals surface area contributed by atoms with Gasteiger partial charge in [0.05, 0.1) is 21.8 Å². The molecule has 0 bridgehead atoms. The average Bonchev–Trinajstić information content (AvgIpc) is 2.20. The van der Waals surface area contributed by atoms with Crippen molar-refractivity contribution in [2.24, 2.45) is 0 Å². The van der Waals surface area contributed by atoms with E-state index >= 15 is 0 Å². The lowest BCUT2D eigenvalue weighted by Gasteiger charge is -2.12. The molecule has 0 unspecified atom stereocenters. The van der Waals surface area contributed by atoms with E-state index in [1.807, 2.05) is 13.8 Å². The Kier molecular flexibility index (Phi) is 5.05. The number of halogens is 1. The van der Waals surface area contributed by atoms with Gasteiger partial charge in [-0.05, 0) is 61.6 Å². The van der Waals surface area contributed by atoms with Gasteiger partial charge in [-0.2, -0.15) is 0 Å². The van der Waals surface area contributed by atoms with Crippen LogP contribution < -0.4 is 4.74 Å². The van der Waals surface area contributed by atoms with Gasteiger partial charge in [0, 0.05) is 0 Å². The second-order valence-corrected chi connectivity index (χ2v) is 4.69. The summed E-state index contributed by atoms with van der Waals surface area (Å²) in [7, 11) is 0. The highest BCUT2D eigenvalue weighted by Crippen LogP contribution is 2.23. The SMILES string of the molecule is CCOC(=O)c1ccc(OC(C)C)c(I)c1. The van der Waals surface area contributed by atoms with Crippen LogP contribution in [0.25, 0.3) is 0 Å². The number of hydrogen-bond donors (Lipinski definition) is 0. The number of carbonyl (C=O) groups is 1. The minimum atomic E-state index is -0.295. The minimum Gasteiger partial charge on any atom is -0.490 e. The molecule has 0 heterocycles. The fraction of sp³-hybridized carbons (Fsp3) is 0.417. The molecule has 88 valence electrons. The Morgan fingerprint density at radius 3 is 2.62 bits per heavy atom. The molecule has 0 fully saturated rings. The maximum absolute atomic E-state index is 11.5. The molecule has 4 heteroatoms. The van der Waals surface area contributed by atoms with Crippen molar-refractivity contribution in [1.29, 1.82) is 0 Å². The van der Waals surface area contributed by atoms with E-state index in [0.29, 0.717) is 12.2 Å². The van der Waals surface area contributed by atoms with E-state index in [1.165, 1.54) is 0 Å². The van der Waals surface area contributed by atoms with Crippen LogP contribution in [-0.4, -0.2) is 18.7 Å². The van der Waals surface area contributed by atoms with Crippen LogP contribution in [0.1, 0.15) is 31.1 Å². The van der Waals surface area contributed by atoms with E-state index < -0.39 is 0 Å². The maximum atomic E-state index is 11.5. The largest absolute Gasteiger partial charge is 0.490 e. The van der Waals surface area contributed by atoms with Gasteiger partial charge < -0.3 is 9.47 Å². The Hall–Kier alpha value is -0.780. The Labute approximate surface area is 109 Å². The zero-order chi connectivity index (χ0) is 12.1. The van der Waals surface area contributed by atoms with Gasteiger partial charge >= 0.3 is 5.97 Å². The Morgan fingerprint density at radius 1 is 1.44 bits per heavy atom. The second-order valence-electron chi connectivity index (χ2n) is 3.53. The lowest BCUT2D eigenvalue weighted by Crippen LogP contribution is -2.08. The van der Waals surface area contributed by atoms with Gasteiger partial charge in [0.2, 0.25) is 0 Å². The second kappa shape index (κ2) is 6.08.